The molecule has 0 aliphatic heterocycles. The zero-order valence-corrected chi connectivity index (χ0v) is 8.95. The number of hydrogen-bond donors (Lipinski definition) is 1. The Hall–Kier alpha value is -2.49. The van der Waals surface area contributed by atoms with Crippen LogP contribution in [0, 0.1) is 0 Å². The molecule has 0 aliphatic rings. The minimum absolute atomic E-state index is 0.151. The number of para-hydroxylation sites is 1. The molecule has 0 spiro atoms. The molecule has 0 heterocycles. The Morgan fingerprint density at radius 2 is 1.71 bits per heavy atom. The molecule has 0 radical (unpaired) electrons. The van der Waals surface area contributed by atoms with Crippen molar-refractivity contribution in [1.29, 1.82) is 0 Å². The zero-order chi connectivity index (χ0) is 12.1. The Morgan fingerprint density at radius 3 is 2.41 bits per heavy atom. The first-order valence-electron chi connectivity index (χ1n) is 5.05. The minimum atomic E-state index is -0.151. The van der Waals surface area contributed by atoms with Gasteiger partial charge in [-0.25, -0.2) is 0 Å². The molecule has 0 aromatic heterocycles. The maximum absolute atomic E-state index is 10.6. The van der Waals surface area contributed by atoms with Crippen LogP contribution in [0.1, 0.15) is 10.4 Å². The van der Waals surface area contributed by atoms with E-state index in [1.54, 1.807) is 24.3 Å². The van der Waals surface area contributed by atoms with Gasteiger partial charge in [-0.2, -0.15) is 5.11 Å². The van der Waals surface area contributed by atoms with Gasteiger partial charge in [0.1, 0.15) is 5.69 Å². The number of aromatic hydroxyl groups is 1. The largest absolute Gasteiger partial charge is 0.505 e. The van der Waals surface area contributed by atoms with Gasteiger partial charge in [-0.05, 0) is 24.3 Å². The summed E-state index contributed by atoms with van der Waals surface area (Å²) in [6.07, 6.45) is 0.580. The average molecular weight is 226 g/mol. The van der Waals surface area contributed by atoms with Crippen LogP contribution in [0.5, 0.6) is 5.75 Å². The first kappa shape index (κ1) is 11.0. The summed E-state index contributed by atoms with van der Waals surface area (Å²) < 4.78 is 0. The number of carbonyl (C=O) groups excluding carboxylic acids is 1. The number of nitrogens with zero attached hydrogens (tertiary/aromatic N) is 2. The first-order valence-corrected chi connectivity index (χ1v) is 5.05. The first-order chi connectivity index (χ1) is 8.31. The van der Waals surface area contributed by atoms with Gasteiger partial charge < -0.3 is 5.11 Å². The second-order valence-corrected chi connectivity index (χ2v) is 3.37. The van der Waals surface area contributed by atoms with Crippen molar-refractivity contribution in [2.45, 2.75) is 0 Å². The molecule has 0 amide bonds. The molecule has 0 bridgehead atoms. The number of azo groups is 1. The third kappa shape index (κ3) is 2.55. The Kier molecular flexibility index (Phi) is 3.25. The van der Waals surface area contributed by atoms with Gasteiger partial charge >= 0.3 is 0 Å². The summed E-state index contributed by atoms with van der Waals surface area (Å²) in [7, 11) is 0. The van der Waals surface area contributed by atoms with Gasteiger partial charge in [0.05, 0.1) is 11.3 Å². The Balaban J connectivity index is 2.31. The lowest BCUT2D eigenvalue weighted by atomic mass is 10.2. The fraction of sp³-hybridized carbons (Fsp3) is 0. The van der Waals surface area contributed by atoms with Crippen molar-refractivity contribution in [2.75, 3.05) is 0 Å². The zero-order valence-electron chi connectivity index (χ0n) is 8.95. The van der Waals surface area contributed by atoms with E-state index in [0.717, 1.165) is 0 Å². The summed E-state index contributed by atoms with van der Waals surface area (Å²) in [4.78, 5) is 10.6. The van der Waals surface area contributed by atoms with E-state index >= 15 is 0 Å². The average Bonchev–Trinajstić information content (AvgIpc) is 2.39. The maximum Gasteiger partial charge on any atom is 0.153 e. The third-order valence-electron chi connectivity index (χ3n) is 2.20. The van der Waals surface area contributed by atoms with E-state index in [4.69, 9.17) is 0 Å². The molecule has 2 aromatic rings. The maximum atomic E-state index is 10.6. The highest BCUT2D eigenvalue weighted by atomic mass is 16.3. The molecular formula is C13H10N2O2. The van der Waals surface area contributed by atoms with E-state index < -0.39 is 0 Å². The third-order valence-corrected chi connectivity index (χ3v) is 2.20. The van der Waals surface area contributed by atoms with Gasteiger partial charge in [-0.15, -0.1) is 5.11 Å². The number of hydrogen-bond acceptors (Lipinski definition) is 4. The minimum Gasteiger partial charge on any atom is -0.505 e. The van der Waals surface area contributed by atoms with Crippen molar-refractivity contribution in [3.8, 4) is 5.75 Å². The van der Waals surface area contributed by atoms with Gasteiger partial charge in [-0.1, -0.05) is 24.3 Å². The fourth-order valence-corrected chi connectivity index (χ4v) is 1.33. The van der Waals surface area contributed by atoms with Crippen molar-refractivity contribution in [3.05, 3.63) is 54.1 Å². The summed E-state index contributed by atoms with van der Waals surface area (Å²) in [5.74, 6) is -0.151. The Morgan fingerprint density at radius 1 is 0.941 bits per heavy atom. The Labute approximate surface area is 98.3 Å². The predicted molar refractivity (Wildman–Crippen MR) is 64.1 cm³/mol. The second-order valence-electron chi connectivity index (χ2n) is 3.37. The van der Waals surface area contributed by atoms with Crippen LogP contribution in [0.4, 0.5) is 11.4 Å². The summed E-state index contributed by atoms with van der Waals surface area (Å²) in [5, 5.41) is 17.5. The van der Waals surface area contributed by atoms with Gasteiger partial charge in [0.2, 0.25) is 0 Å². The molecular weight excluding hydrogens is 216 g/mol. The number of rotatable bonds is 3. The van der Waals surface area contributed by atoms with Crippen molar-refractivity contribution in [1.82, 2.24) is 0 Å². The molecule has 0 saturated carbocycles. The summed E-state index contributed by atoms with van der Waals surface area (Å²) in [5.41, 5.74) is 1.16. The van der Waals surface area contributed by atoms with E-state index in [1.807, 2.05) is 18.2 Å². The van der Waals surface area contributed by atoms with E-state index in [2.05, 4.69) is 10.2 Å². The lowest BCUT2D eigenvalue weighted by Gasteiger charge is -1.99. The number of benzene rings is 2. The van der Waals surface area contributed by atoms with Crippen LogP contribution in [-0.2, 0) is 0 Å². The number of aldehydes is 1. The quantitative estimate of drug-likeness (QED) is 0.641. The topological polar surface area (TPSA) is 62.0 Å². The molecule has 0 fully saturated rings. The molecule has 2 aromatic carbocycles. The van der Waals surface area contributed by atoms with E-state index in [-0.39, 0.29) is 17.0 Å². The smallest absolute Gasteiger partial charge is 0.153 e. The summed E-state index contributed by atoms with van der Waals surface area (Å²) in [6.45, 7) is 0. The van der Waals surface area contributed by atoms with Gasteiger partial charge in [0.25, 0.3) is 0 Å². The highest BCUT2D eigenvalue weighted by molar-refractivity contribution is 5.82. The van der Waals surface area contributed by atoms with Crippen LogP contribution in [0.25, 0.3) is 0 Å². The van der Waals surface area contributed by atoms with Gasteiger partial charge in [0.15, 0.2) is 12.0 Å². The van der Waals surface area contributed by atoms with Crippen LogP contribution in [0.15, 0.2) is 58.8 Å². The lowest BCUT2D eigenvalue weighted by Crippen LogP contribution is -1.79. The molecule has 17 heavy (non-hydrogen) atoms. The van der Waals surface area contributed by atoms with E-state index in [1.165, 1.54) is 6.07 Å². The van der Waals surface area contributed by atoms with Crippen molar-refractivity contribution < 1.29 is 9.90 Å². The molecule has 0 unspecified atom stereocenters. The van der Waals surface area contributed by atoms with Crippen LogP contribution >= 0.6 is 0 Å². The normalized spacial score (nSPS) is 10.6. The van der Waals surface area contributed by atoms with Crippen molar-refractivity contribution >= 4 is 17.7 Å². The standard InChI is InChI=1S/C13H10N2O2/c16-9-10-5-4-8-12(13(10)17)15-14-11-6-2-1-3-7-11/h1-9,17H/b15-14+. The number of carbonyl (C=O) groups is 1. The van der Waals surface area contributed by atoms with Crippen molar-refractivity contribution in [3.63, 3.8) is 0 Å². The molecule has 0 aliphatic carbocycles. The highest BCUT2D eigenvalue weighted by Crippen LogP contribution is 2.30. The summed E-state index contributed by atoms with van der Waals surface area (Å²) in [6, 6.07) is 13.9. The van der Waals surface area contributed by atoms with Crippen LogP contribution in [-0.4, -0.2) is 11.4 Å². The van der Waals surface area contributed by atoms with E-state index in [9.17, 15) is 9.90 Å². The Bertz CT molecular complexity index is 551. The highest BCUT2D eigenvalue weighted by Gasteiger charge is 2.04. The predicted octanol–water partition coefficient (Wildman–Crippen LogP) is 3.62. The van der Waals surface area contributed by atoms with Gasteiger partial charge in [-0.3, -0.25) is 4.79 Å². The second kappa shape index (κ2) is 5.03. The molecule has 84 valence electrons. The SMILES string of the molecule is O=Cc1cccc(/N=N/c2ccccc2)c1O. The molecule has 1 N–H and O–H groups in total. The molecule has 4 nitrogen and oxygen atoms in total. The fourth-order valence-electron chi connectivity index (χ4n) is 1.33. The van der Waals surface area contributed by atoms with E-state index in [0.29, 0.717) is 12.0 Å². The summed E-state index contributed by atoms with van der Waals surface area (Å²) >= 11 is 0. The van der Waals surface area contributed by atoms with Crippen molar-refractivity contribution in [2.24, 2.45) is 10.2 Å². The molecule has 0 saturated heterocycles. The monoisotopic (exact) mass is 226 g/mol. The number of phenols is 1. The van der Waals surface area contributed by atoms with Crippen LogP contribution in [0.2, 0.25) is 0 Å². The number of phenolic OH excluding ortho intramolecular Hbond substituents is 1. The lowest BCUT2D eigenvalue weighted by molar-refractivity contribution is 0.112. The van der Waals surface area contributed by atoms with Gasteiger partial charge in [0, 0.05) is 0 Å². The molecule has 0 atom stereocenters. The molecule has 4 heteroatoms. The van der Waals surface area contributed by atoms with Crippen LogP contribution < -0.4 is 0 Å². The van der Waals surface area contributed by atoms with Crippen LogP contribution in [0.3, 0.4) is 0 Å². The molecule has 2 rings (SSSR count).